The van der Waals surface area contributed by atoms with Gasteiger partial charge < -0.3 is 20.6 Å². The summed E-state index contributed by atoms with van der Waals surface area (Å²) in [5.74, 6) is 0.102. The molecule has 2 aliphatic rings. The van der Waals surface area contributed by atoms with E-state index in [1.54, 1.807) is 6.07 Å². The molecule has 132 valence electrons. The van der Waals surface area contributed by atoms with Gasteiger partial charge in [-0.1, -0.05) is 12.1 Å². The number of rotatable bonds is 5. The molecular weight excluding hydrogens is 330 g/mol. The SMILES string of the molecule is Cl.O=C(NCC1CNCC1O)c1cccc(CN2CCCC2=O)c1. The van der Waals surface area contributed by atoms with E-state index >= 15 is 0 Å². The normalized spacial score (nSPS) is 23.2. The zero-order valence-corrected chi connectivity index (χ0v) is 14.3. The monoisotopic (exact) mass is 353 g/mol. The zero-order chi connectivity index (χ0) is 16.2. The quantitative estimate of drug-likeness (QED) is 0.721. The van der Waals surface area contributed by atoms with Gasteiger partial charge in [-0.25, -0.2) is 0 Å². The first kappa shape index (κ1) is 18.7. The largest absolute Gasteiger partial charge is 0.391 e. The molecule has 2 heterocycles. The fraction of sp³-hybridized carbons (Fsp3) is 0.529. The Balaban J connectivity index is 0.00000208. The number of halogens is 1. The smallest absolute Gasteiger partial charge is 0.251 e. The van der Waals surface area contributed by atoms with Gasteiger partial charge in [-0.2, -0.15) is 0 Å². The molecule has 0 bridgehead atoms. The molecule has 2 atom stereocenters. The summed E-state index contributed by atoms with van der Waals surface area (Å²) in [5, 5.41) is 15.7. The van der Waals surface area contributed by atoms with Crippen molar-refractivity contribution >= 4 is 24.2 Å². The van der Waals surface area contributed by atoms with Crippen LogP contribution in [0.15, 0.2) is 24.3 Å². The molecule has 6 nitrogen and oxygen atoms in total. The predicted molar refractivity (Wildman–Crippen MR) is 93.0 cm³/mol. The minimum absolute atomic E-state index is 0. The number of hydrogen-bond donors (Lipinski definition) is 3. The highest BCUT2D eigenvalue weighted by Crippen LogP contribution is 2.15. The first-order valence-electron chi connectivity index (χ1n) is 8.17. The van der Waals surface area contributed by atoms with E-state index in [1.165, 1.54) is 0 Å². The predicted octanol–water partition coefficient (Wildman–Crippen LogP) is 0.541. The molecule has 3 rings (SSSR count). The Morgan fingerprint density at radius 2 is 2.21 bits per heavy atom. The lowest BCUT2D eigenvalue weighted by atomic mass is 10.1. The number of nitrogens with zero attached hydrogens (tertiary/aromatic N) is 1. The van der Waals surface area contributed by atoms with E-state index < -0.39 is 6.10 Å². The van der Waals surface area contributed by atoms with Crippen molar-refractivity contribution in [3.63, 3.8) is 0 Å². The third kappa shape index (κ3) is 4.47. The summed E-state index contributed by atoms with van der Waals surface area (Å²) in [7, 11) is 0. The maximum absolute atomic E-state index is 12.3. The maximum atomic E-state index is 12.3. The molecule has 3 N–H and O–H groups in total. The Morgan fingerprint density at radius 3 is 2.88 bits per heavy atom. The van der Waals surface area contributed by atoms with Gasteiger partial charge in [0.05, 0.1) is 6.10 Å². The summed E-state index contributed by atoms with van der Waals surface area (Å²) in [6, 6.07) is 7.39. The summed E-state index contributed by atoms with van der Waals surface area (Å²) >= 11 is 0. The molecular formula is C17H24ClN3O3. The molecule has 1 aromatic carbocycles. The van der Waals surface area contributed by atoms with Crippen LogP contribution in [0.5, 0.6) is 0 Å². The van der Waals surface area contributed by atoms with Crippen LogP contribution < -0.4 is 10.6 Å². The highest BCUT2D eigenvalue weighted by atomic mass is 35.5. The molecule has 7 heteroatoms. The number of amides is 2. The molecule has 2 amide bonds. The lowest BCUT2D eigenvalue weighted by molar-refractivity contribution is -0.128. The van der Waals surface area contributed by atoms with Crippen molar-refractivity contribution in [1.29, 1.82) is 0 Å². The van der Waals surface area contributed by atoms with E-state index in [4.69, 9.17) is 0 Å². The highest BCUT2D eigenvalue weighted by Gasteiger charge is 2.25. The lowest BCUT2D eigenvalue weighted by Crippen LogP contribution is -2.34. The summed E-state index contributed by atoms with van der Waals surface area (Å²) in [6.45, 7) is 3.12. The Labute approximate surface area is 148 Å². The van der Waals surface area contributed by atoms with Gasteiger partial charge in [0.1, 0.15) is 0 Å². The second-order valence-corrected chi connectivity index (χ2v) is 6.31. The average molecular weight is 354 g/mol. The van der Waals surface area contributed by atoms with E-state index in [0.29, 0.717) is 31.6 Å². The van der Waals surface area contributed by atoms with Crippen LogP contribution in [0.2, 0.25) is 0 Å². The van der Waals surface area contributed by atoms with E-state index in [2.05, 4.69) is 10.6 Å². The molecule has 0 spiro atoms. The number of likely N-dealkylation sites (tertiary alicyclic amines) is 1. The number of aliphatic hydroxyl groups excluding tert-OH is 1. The number of hydrogen-bond acceptors (Lipinski definition) is 4. The van der Waals surface area contributed by atoms with Gasteiger partial charge in [0, 0.05) is 50.6 Å². The van der Waals surface area contributed by atoms with Gasteiger partial charge in [-0.3, -0.25) is 9.59 Å². The molecule has 0 radical (unpaired) electrons. The van der Waals surface area contributed by atoms with E-state index in [1.807, 2.05) is 23.1 Å². The fourth-order valence-corrected chi connectivity index (χ4v) is 3.16. The Morgan fingerprint density at radius 1 is 1.38 bits per heavy atom. The van der Waals surface area contributed by atoms with Crippen LogP contribution in [0.1, 0.15) is 28.8 Å². The van der Waals surface area contributed by atoms with Crippen molar-refractivity contribution in [2.75, 3.05) is 26.2 Å². The first-order valence-corrected chi connectivity index (χ1v) is 8.17. The van der Waals surface area contributed by atoms with Crippen molar-refractivity contribution in [3.05, 3.63) is 35.4 Å². The topological polar surface area (TPSA) is 81.7 Å². The maximum Gasteiger partial charge on any atom is 0.251 e. The van der Waals surface area contributed by atoms with Crippen LogP contribution in [0, 0.1) is 5.92 Å². The fourth-order valence-electron chi connectivity index (χ4n) is 3.16. The van der Waals surface area contributed by atoms with Crippen LogP contribution in [-0.4, -0.2) is 54.1 Å². The van der Waals surface area contributed by atoms with Gasteiger partial charge >= 0.3 is 0 Å². The van der Waals surface area contributed by atoms with E-state index in [9.17, 15) is 14.7 Å². The average Bonchev–Trinajstić information content (AvgIpc) is 3.14. The second-order valence-electron chi connectivity index (χ2n) is 6.31. The summed E-state index contributed by atoms with van der Waals surface area (Å²) in [4.78, 5) is 25.8. The summed E-state index contributed by atoms with van der Waals surface area (Å²) in [6.07, 6.45) is 1.14. The Hall–Kier alpha value is -1.63. The number of aliphatic hydroxyl groups is 1. The third-order valence-corrected chi connectivity index (χ3v) is 4.56. The molecule has 2 fully saturated rings. The van der Waals surface area contributed by atoms with Crippen molar-refractivity contribution in [2.24, 2.45) is 5.92 Å². The number of β-amino-alcohol motifs (C(OH)–C–C–N with tert-alkyl or cyclic N) is 1. The van der Waals surface area contributed by atoms with Crippen molar-refractivity contribution in [2.45, 2.75) is 25.5 Å². The molecule has 2 saturated heterocycles. The van der Waals surface area contributed by atoms with Gasteiger partial charge in [0.2, 0.25) is 5.91 Å². The lowest BCUT2D eigenvalue weighted by Gasteiger charge is -2.16. The first-order chi connectivity index (χ1) is 11.1. The zero-order valence-electron chi connectivity index (χ0n) is 13.5. The molecule has 0 aromatic heterocycles. The van der Waals surface area contributed by atoms with Crippen molar-refractivity contribution < 1.29 is 14.7 Å². The molecule has 1 aromatic rings. The van der Waals surface area contributed by atoms with Gasteiger partial charge in [0.25, 0.3) is 5.91 Å². The van der Waals surface area contributed by atoms with Crippen molar-refractivity contribution in [1.82, 2.24) is 15.5 Å². The third-order valence-electron chi connectivity index (χ3n) is 4.56. The van der Waals surface area contributed by atoms with E-state index in [0.717, 1.165) is 25.1 Å². The Bertz CT molecular complexity index is 596. The molecule has 2 aliphatic heterocycles. The number of nitrogens with one attached hydrogen (secondary N) is 2. The Kier molecular flexibility index (Phi) is 6.60. The minimum Gasteiger partial charge on any atom is -0.391 e. The van der Waals surface area contributed by atoms with Gasteiger partial charge in [-0.15, -0.1) is 12.4 Å². The van der Waals surface area contributed by atoms with E-state index in [-0.39, 0.29) is 30.1 Å². The standard InChI is InChI=1S/C17H23N3O3.ClH/c21-15-10-18-8-14(15)9-19-17(23)13-4-1-3-12(7-13)11-20-6-2-5-16(20)22;/h1,3-4,7,14-15,18,21H,2,5-6,8-11H2,(H,19,23);1H. The minimum atomic E-state index is -0.400. The molecule has 0 aliphatic carbocycles. The van der Waals surface area contributed by atoms with Crippen LogP contribution in [0.25, 0.3) is 0 Å². The number of carbonyl (C=O) groups is 2. The highest BCUT2D eigenvalue weighted by molar-refractivity contribution is 5.94. The molecule has 0 saturated carbocycles. The number of carbonyl (C=O) groups excluding carboxylic acids is 2. The van der Waals surface area contributed by atoms with Gasteiger partial charge in [-0.05, 0) is 24.1 Å². The van der Waals surface area contributed by atoms with Crippen LogP contribution >= 0.6 is 12.4 Å². The molecule has 24 heavy (non-hydrogen) atoms. The van der Waals surface area contributed by atoms with Gasteiger partial charge in [0.15, 0.2) is 0 Å². The number of benzene rings is 1. The van der Waals surface area contributed by atoms with Crippen molar-refractivity contribution in [3.8, 4) is 0 Å². The van der Waals surface area contributed by atoms with Crippen LogP contribution in [0.3, 0.4) is 0 Å². The van der Waals surface area contributed by atoms with Crippen LogP contribution in [0.4, 0.5) is 0 Å². The summed E-state index contributed by atoms with van der Waals surface area (Å²) in [5.41, 5.74) is 1.56. The van der Waals surface area contributed by atoms with Crippen LogP contribution in [-0.2, 0) is 11.3 Å². The molecule has 2 unspecified atom stereocenters. The second kappa shape index (κ2) is 8.46. The summed E-state index contributed by atoms with van der Waals surface area (Å²) < 4.78 is 0.